The lowest BCUT2D eigenvalue weighted by Crippen LogP contribution is -2.30. The van der Waals surface area contributed by atoms with E-state index in [1.54, 1.807) is 24.7 Å². The van der Waals surface area contributed by atoms with E-state index in [0.29, 0.717) is 24.6 Å². The highest BCUT2D eigenvalue weighted by atomic mass is 16.3. The summed E-state index contributed by atoms with van der Waals surface area (Å²) in [5.74, 6) is 1.27. The number of anilines is 1. The first-order chi connectivity index (χ1) is 12.8. The molecular formula is C18H16N6O2. The number of benzene rings is 1. The summed E-state index contributed by atoms with van der Waals surface area (Å²) >= 11 is 0. The summed E-state index contributed by atoms with van der Waals surface area (Å²) in [5, 5.41) is 10.7. The van der Waals surface area contributed by atoms with E-state index in [0.717, 1.165) is 16.7 Å². The smallest absolute Gasteiger partial charge is 0.319 e. The molecule has 1 aromatic carbocycles. The van der Waals surface area contributed by atoms with Crippen molar-refractivity contribution >= 4 is 22.7 Å². The van der Waals surface area contributed by atoms with Gasteiger partial charge in [0.25, 0.3) is 0 Å². The van der Waals surface area contributed by atoms with Crippen LogP contribution in [0.4, 0.5) is 10.5 Å². The molecule has 0 atom stereocenters. The molecule has 8 heteroatoms. The summed E-state index contributed by atoms with van der Waals surface area (Å²) in [6.07, 6.45) is 7.05. The number of furan rings is 1. The number of para-hydroxylation sites is 1. The topological polar surface area (TPSA) is 97.9 Å². The molecule has 0 aliphatic carbocycles. The fourth-order valence-electron chi connectivity index (χ4n) is 2.54. The monoisotopic (exact) mass is 348 g/mol. The minimum Gasteiger partial charge on any atom is -0.461 e. The van der Waals surface area contributed by atoms with E-state index in [2.05, 4.69) is 25.7 Å². The number of carbonyl (C=O) groups excluding carboxylic acids is 1. The molecule has 8 nitrogen and oxygen atoms in total. The summed E-state index contributed by atoms with van der Waals surface area (Å²) in [6, 6.07) is 11.2. The lowest BCUT2D eigenvalue weighted by molar-refractivity contribution is 0.252. The molecule has 0 saturated carbocycles. The largest absolute Gasteiger partial charge is 0.461 e. The average molecular weight is 348 g/mol. The highest BCUT2D eigenvalue weighted by Gasteiger charge is 2.07. The van der Waals surface area contributed by atoms with Crippen molar-refractivity contribution in [1.82, 2.24) is 25.1 Å². The summed E-state index contributed by atoms with van der Waals surface area (Å²) in [7, 11) is 0. The summed E-state index contributed by atoms with van der Waals surface area (Å²) in [4.78, 5) is 20.2. The zero-order valence-electron chi connectivity index (χ0n) is 13.8. The maximum atomic E-state index is 12.0. The third-order valence-electron chi connectivity index (χ3n) is 3.73. The van der Waals surface area contributed by atoms with Gasteiger partial charge in [-0.15, -0.1) is 0 Å². The van der Waals surface area contributed by atoms with Crippen molar-refractivity contribution < 1.29 is 9.21 Å². The molecule has 4 aromatic rings. The van der Waals surface area contributed by atoms with Gasteiger partial charge in [-0.25, -0.2) is 19.4 Å². The van der Waals surface area contributed by atoms with Gasteiger partial charge in [-0.3, -0.25) is 0 Å². The molecule has 2 N–H and O–H groups in total. The van der Waals surface area contributed by atoms with Crippen molar-refractivity contribution in [3.63, 3.8) is 0 Å². The van der Waals surface area contributed by atoms with E-state index in [1.807, 2.05) is 30.3 Å². The molecule has 26 heavy (non-hydrogen) atoms. The Bertz CT molecular complexity index is 991. The van der Waals surface area contributed by atoms with Gasteiger partial charge in [-0.05, 0) is 18.2 Å². The lowest BCUT2D eigenvalue weighted by Gasteiger charge is -2.04. The number of amides is 2. The van der Waals surface area contributed by atoms with Gasteiger partial charge in [0.15, 0.2) is 0 Å². The first kappa shape index (κ1) is 15.8. The molecule has 0 saturated heterocycles. The van der Waals surface area contributed by atoms with E-state index >= 15 is 0 Å². The highest BCUT2D eigenvalue weighted by Crippen LogP contribution is 2.18. The maximum absolute atomic E-state index is 12.0. The van der Waals surface area contributed by atoms with Gasteiger partial charge in [0, 0.05) is 30.7 Å². The average Bonchev–Trinajstić information content (AvgIpc) is 3.29. The van der Waals surface area contributed by atoms with Crippen LogP contribution in [0, 0.1) is 0 Å². The Hall–Kier alpha value is -3.68. The predicted octanol–water partition coefficient (Wildman–Crippen LogP) is 2.77. The molecule has 2 amide bonds. The second kappa shape index (κ2) is 7.06. The first-order valence-electron chi connectivity index (χ1n) is 8.12. The molecule has 0 bridgehead atoms. The van der Waals surface area contributed by atoms with E-state index in [4.69, 9.17) is 4.42 Å². The fraction of sp³-hybridized carbons (Fsp3) is 0.111. The Kier molecular flexibility index (Phi) is 4.29. The third-order valence-corrected chi connectivity index (χ3v) is 3.73. The Labute approximate surface area is 148 Å². The summed E-state index contributed by atoms with van der Waals surface area (Å²) < 4.78 is 7.21. The number of aromatic nitrogens is 4. The number of nitrogens with one attached hydrogen (secondary N) is 2. The molecule has 3 heterocycles. The minimum atomic E-state index is -0.311. The van der Waals surface area contributed by atoms with Crippen LogP contribution in [0.2, 0.25) is 0 Å². The number of hydrogen-bond acceptors (Lipinski definition) is 5. The van der Waals surface area contributed by atoms with Gasteiger partial charge in [0.05, 0.1) is 18.1 Å². The Morgan fingerprint density at radius 3 is 2.85 bits per heavy atom. The van der Waals surface area contributed by atoms with Crippen LogP contribution in [-0.2, 0) is 6.42 Å². The third kappa shape index (κ3) is 3.54. The summed E-state index contributed by atoms with van der Waals surface area (Å²) in [6.45, 7) is 0.460. The van der Waals surface area contributed by atoms with Crippen LogP contribution in [0.25, 0.3) is 16.9 Å². The normalized spacial score (nSPS) is 10.8. The fourth-order valence-corrected chi connectivity index (χ4v) is 2.54. The van der Waals surface area contributed by atoms with Gasteiger partial charge in [-0.2, -0.15) is 5.10 Å². The van der Waals surface area contributed by atoms with Crippen LogP contribution in [0.3, 0.4) is 0 Å². The Morgan fingerprint density at radius 1 is 1.15 bits per heavy atom. The SMILES string of the molecule is O=C(NCCc1cc2ccccc2o1)Nc1cnn(-c2ncccn2)c1. The zero-order valence-corrected chi connectivity index (χ0v) is 13.8. The number of hydrogen-bond donors (Lipinski definition) is 2. The summed E-state index contributed by atoms with van der Waals surface area (Å²) in [5.41, 5.74) is 1.40. The molecule has 0 aliphatic rings. The van der Waals surface area contributed by atoms with Crippen LogP contribution < -0.4 is 10.6 Å². The van der Waals surface area contributed by atoms with Crippen LogP contribution in [0.5, 0.6) is 0 Å². The van der Waals surface area contributed by atoms with E-state index in [9.17, 15) is 4.79 Å². The molecule has 130 valence electrons. The standard InChI is InChI=1S/C18H16N6O2/c25-18(21-9-6-15-10-13-4-1-2-5-16(13)26-15)23-14-11-22-24(12-14)17-19-7-3-8-20-17/h1-5,7-8,10-12H,6,9H2,(H2,21,23,25). The van der Waals surface area contributed by atoms with Crippen LogP contribution in [0.1, 0.15) is 5.76 Å². The molecule has 4 rings (SSSR count). The predicted molar refractivity (Wildman–Crippen MR) is 96.1 cm³/mol. The van der Waals surface area contributed by atoms with Gasteiger partial charge in [0.2, 0.25) is 5.95 Å². The number of rotatable bonds is 5. The van der Waals surface area contributed by atoms with Crippen molar-refractivity contribution in [1.29, 1.82) is 0 Å². The molecule has 3 aromatic heterocycles. The van der Waals surface area contributed by atoms with Crippen molar-refractivity contribution in [2.75, 3.05) is 11.9 Å². The van der Waals surface area contributed by atoms with E-state index in [1.165, 1.54) is 10.9 Å². The lowest BCUT2D eigenvalue weighted by atomic mass is 10.2. The van der Waals surface area contributed by atoms with E-state index in [-0.39, 0.29) is 6.03 Å². The zero-order chi connectivity index (χ0) is 17.8. The number of urea groups is 1. The molecule has 0 spiro atoms. The van der Waals surface area contributed by atoms with Crippen LogP contribution in [0.15, 0.2) is 65.6 Å². The molecule has 0 unspecified atom stereocenters. The van der Waals surface area contributed by atoms with Gasteiger partial charge < -0.3 is 15.1 Å². The molecule has 0 fully saturated rings. The van der Waals surface area contributed by atoms with E-state index < -0.39 is 0 Å². The number of fused-ring (bicyclic) bond motifs is 1. The van der Waals surface area contributed by atoms with Gasteiger partial charge >= 0.3 is 6.03 Å². The molecule has 0 aliphatic heterocycles. The quantitative estimate of drug-likeness (QED) is 0.578. The highest BCUT2D eigenvalue weighted by molar-refractivity contribution is 5.88. The molecule has 0 radical (unpaired) electrons. The first-order valence-corrected chi connectivity index (χ1v) is 8.12. The Morgan fingerprint density at radius 2 is 2.00 bits per heavy atom. The van der Waals surface area contributed by atoms with Gasteiger partial charge in [0.1, 0.15) is 11.3 Å². The van der Waals surface area contributed by atoms with Crippen molar-refractivity contribution in [3.8, 4) is 5.95 Å². The number of nitrogens with zero attached hydrogens (tertiary/aromatic N) is 4. The van der Waals surface area contributed by atoms with Crippen molar-refractivity contribution in [2.45, 2.75) is 6.42 Å². The van der Waals surface area contributed by atoms with Crippen LogP contribution >= 0.6 is 0 Å². The molecular weight excluding hydrogens is 332 g/mol. The van der Waals surface area contributed by atoms with Gasteiger partial charge in [-0.1, -0.05) is 18.2 Å². The second-order valence-corrected chi connectivity index (χ2v) is 5.60. The minimum absolute atomic E-state index is 0.311. The van der Waals surface area contributed by atoms with Crippen LogP contribution in [-0.4, -0.2) is 32.3 Å². The van der Waals surface area contributed by atoms with Crippen molar-refractivity contribution in [3.05, 3.63) is 66.9 Å². The Balaban J connectivity index is 1.29. The van der Waals surface area contributed by atoms with Crippen molar-refractivity contribution in [2.24, 2.45) is 0 Å². The maximum Gasteiger partial charge on any atom is 0.319 e. The number of carbonyl (C=O) groups is 1. The second-order valence-electron chi connectivity index (χ2n) is 5.60.